The zero-order valence-corrected chi connectivity index (χ0v) is 22.2. The normalized spacial score (nSPS) is 12.3. The van der Waals surface area contributed by atoms with Gasteiger partial charge in [-0.25, -0.2) is 0 Å². The Morgan fingerprint density at radius 1 is 0.769 bits per heavy atom. The lowest BCUT2D eigenvalue weighted by Crippen LogP contribution is -2.49. The highest BCUT2D eigenvalue weighted by Crippen LogP contribution is 2.14. The Morgan fingerprint density at radius 2 is 1.26 bits per heavy atom. The molecule has 1 fully saturated rings. The van der Waals surface area contributed by atoms with Gasteiger partial charge in [0.2, 0.25) is 5.91 Å². The Bertz CT molecular complexity index is 1110. The maximum Gasteiger partial charge on any atom is 0.300 e. The molecular weight excluding hydrogens is 508 g/mol. The minimum absolute atomic E-state index is 0.0417. The summed E-state index contributed by atoms with van der Waals surface area (Å²) in [6.07, 6.45) is 0. The van der Waals surface area contributed by atoms with Crippen molar-refractivity contribution in [3.05, 3.63) is 70.8 Å². The highest BCUT2D eigenvalue weighted by atomic mass is 16.4. The Labute approximate surface area is 226 Å². The third kappa shape index (κ3) is 16.6. The molecule has 0 bridgehead atoms. The van der Waals surface area contributed by atoms with Crippen LogP contribution in [0.15, 0.2) is 48.5 Å². The molecule has 13 nitrogen and oxygen atoms in total. The van der Waals surface area contributed by atoms with Crippen LogP contribution in [0.5, 0.6) is 0 Å². The lowest BCUT2D eigenvalue weighted by molar-refractivity contribution is -0.137. The van der Waals surface area contributed by atoms with Gasteiger partial charge in [0.25, 0.3) is 17.9 Å². The Hall–Kier alpha value is -4.78. The molecule has 13 heteroatoms. The summed E-state index contributed by atoms with van der Waals surface area (Å²) in [4.78, 5) is 43.5. The average Bonchev–Trinajstić information content (AvgIpc) is 2.80. The van der Waals surface area contributed by atoms with E-state index < -0.39 is 17.9 Å². The van der Waals surface area contributed by atoms with Gasteiger partial charge in [-0.2, -0.15) is 0 Å². The molecule has 0 atom stereocenters. The van der Waals surface area contributed by atoms with Gasteiger partial charge >= 0.3 is 0 Å². The minimum atomic E-state index is -0.833. The topological polar surface area (TPSA) is 235 Å². The van der Waals surface area contributed by atoms with Crippen molar-refractivity contribution in [2.45, 2.75) is 33.9 Å². The number of amidine groups is 2. The van der Waals surface area contributed by atoms with Crippen LogP contribution < -0.4 is 11.5 Å². The van der Waals surface area contributed by atoms with Gasteiger partial charge < -0.3 is 31.7 Å². The fraction of sp³-hybridized carbons (Fsp3) is 0.308. The number of carboxylic acid groups (broad SMARTS) is 3. The van der Waals surface area contributed by atoms with Crippen molar-refractivity contribution >= 4 is 35.5 Å². The second-order valence-electron chi connectivity index (χ2n) is 8.31. The maximum absolute atomic E-state index is 12.5. The highest BCUT2D eigenvalue weighted by Gasteiger charge is 2.24. The molecule has 0 aromatic heterocycles. The molecule has 0 radical (unpaired) electrons. The minimum Gasteiger partial charge on any atom is -0.481 e. The van der Waals surface area contributed by atoms with Crippen LogP contribution in [0.3, 0.4) is 0 Å². The summed E-state index contributed by atoms with van der Waals surface area (Å²) in [6.45, 7) is 6.30. The number of carbonyl (C=O) groups is 4. The number of nitrogens with one attached hydrogen (secondary N) is 2. The van der Waals surface area contributed by atoms with Crippen LogP contribution in [-0.2, 0) is 32.3 Å². The Balaban J connectivity index is 0.00000102. The van der Waals surface area contributed by atoms with Crippen molar-refractivity contribution in [2.75, 3.05) is 19.6 Å². The second-order valence-corrected chi connectivity index (χ2v) is 8.31. The molecular formula is C26H36N6O7. The van der Waals surface area contributed by atoms with Crippen LogP contribution in [-0.4, -0.2) is 80.2 Å². The molecule has 2 aromatic rings. The van der Waals surface area contributed by atoms with E-state index in [0.717, 1.165) is 38.4 Å². The largest absolute Gasteiger partial charge is 0.481 e. The van der Waals surface area contributed by atoms with E-state index in [9.17, 15) is 4.79 Å². The molecule has 3 rings (SSSR count). The van der Waals surface area contributed by atoms with Crippen molar-refractivity contribution in [3.63, 3.8) is 0 Å². The van der Waals surface area contributed by atoms with Gasteiger partial charge in [-0.05, 0) is 17.2 Å². The highest BCUT2D eigenvalue weighted by molar-refractivity contribution is 5.95. The summed E-state index contributed by atoms with van der Waals surface area (Å²) in [5.74, 6) is -2.31. The molecule has 9 N–H and O–H groups in total. The van der Waals surface area contributed by atoms with Gasteiger partial charge in [0.15, 0.2) is 0 Å². The van der Waals surface area contributed by atoms with Gasteiger partial charge in [-0.3, -0.25) is 34.9 Å². The summed E-state index contributed by atoms with van der Waals surface area (Å²) >= 11 is 0. The predicted octanol–water partition coefficient (Wildman–Crippen LogP) is 1.37. The third-order valence-corrected chi connectivity index (χ3v) is 4.68. The van der Waals surface area contributed by atoms with Crippen LogP contribution in [0.2, 0.25) is 0 Å². The number of piperazine rings is 1. The van der Waals surface area contributed by atoms with E-state index >= 15 is 0 Å². The lowest BCUT2D eigenvalue weighted by atomic mass is 10.1. The first-order valence-electron chi connectivity index (χ1n) is 11.6. The number of carbonyl (C=O) groups excluding carboxylic acids is 1. The first kappa shape index (κ1) is 34.2. The van der Waals surface area contributed by atoms with E-state index in [-0.39, 0.29) is 17.6 Å². The molecule has 0 saturated carbocycles. The van der Waals surface area contributed by atoms with Crippen LogP contribution in [0.1, 0.15) is 43.0 Å². The molecule has 1 amide bonds. The van der Waals surface area contributed by atoms with E-state index in [2.05, 4.69) is 4.90 Å². The monoisotopic (exact) mass is 544 g/mol. The zero-order chi connectivity index (χ0) is 30.1. The molecule has 0 unspecified atom stereocenters. The van der Waals surface area contributed by atoms with E-state index in [1.807, 2.05) is 41.3 Å². The summed E-state index contributed by atoms with van der Waals surface area (Å²) < 4.78 is 0. The van der Waals surface area contributed by atoms with Crippen LogP contribution >= 0.6 is 0 Å². The van der Waals surface area contributed by atoms with Crippen molar-refractivity contribution < 1.29 is 34.5 Å². The summed E-state index contributed by atoms with van der Waals surface area (Å²) in [5.41, 5.74) is 14.5. The summed E-state index contributed by atoms with van der Waals surface area (Å²) in [5, 5.41) is 37.2. The van der Waals surface area contributed by atoms with Crippen molar-refractivity contribution in [1.82, 2.24) is 9.80 Å². The van der Waals surface area contributed by atoms with E-state index in [4.69, 9.17) is 52.0 Å². The standard InChI is InChI=1S/C20H24N6O.3C2H4O2/c21-19(22)16-6-4-14(5-7-16)12-26-9-8-25(13-18(26)27)11-15-2-1-3-17(10-15)20(23)24;3*1-2(3)4/h1-7,10H,8-9,11-13H2,(H3,21,22)(H3,23,24);3*1H3,(H,3,4). The third-order valence-electron chi connectivity index (χ3n) is 4.68. The Kier molecular flexibility index (Phi) is 15.5. The number of nitrogen functional groups attached to an aromatic ring is 2. The number of carboxylic acids is 3. The molecule has 0 aliphatic carbocycles. The number of benzene rings is 2. The quantitative estimate of drug-likeness (QED) is 0.204. The SMILES string of the molecule is CC(=O)O.CC(=O)O.CC(=O)O.N=C(N)c1ccc(CN2CCN(Cc3cccc(C(=N)N)c3)CC2=O)cc1. The first-order valence-corrected chi connectivity index (χ1v) is 11.6. The van der Waals surface area contributed by atoms with Crippen molar-refractivity contribution in [2.24, 2.45) is 11.5 Å². The maximum atomic E-state index is 12.5. The smallest absolute Gasteiger partial charge is 0.300 e. The van der Waals surface area contributed by atoms with Gasteiger partial charge in [-0.1, -0.05) is 42.5 Å². The fourth-order valence-corrected chi connectivity index (χ4v) is 3.16. The van der Waals surface area contributed by atoms with Gasteiger partial charge in [0, 0.05) is 58.1 Å². The number of nitrogens with two attached hydrogens (primary N) is 2. The predicted molar refractivity (Wildman–Crippen MR) is 146 cm³/mol. The molecule has 2 aromatic carbocycles. The van der Waals surface area contributed by atoms with E-state index in [1.54, 1.807) is 12.1 Å². The lowest BCUT2D eigenvalue weighted by Gasteiger charge is -2.34. The number of aliphatic carboxylic acids is 3. The molecule has 0 spiro atoms. The van der Waals surface area contributed by atoms with Crippen molar-refractivity contribution in [1.29, 1.82) is 10.8 Å². The Morgan fingerprint density at radius 3 is 1.69 bits per heavy atom. The van der Waals surface area contributed by atoms with Gasteiger partial charge in [-0.15, -0.1) is 0 Å². The molecule has 1 heterocycles. The van der Waals surface area contributed by atoms with Gasteiger partial charge in [0.05, 0.1) is 6.54 Å². The number of hydrogen-bond donors (Lipinski definition) is 7. The molecule has 1 aliphatic heterocycles. The number of rotatable bonds is 6. The van der Waals surface area contributed by atoms with Crippen LogP contribution in [0, 0.1) is 10.8 Å². The summed E-state index contributed by atoms with van der Waals surface area (Å²) in [6, 6.07) is 15.0. The van der Waals surface area contributed by atoms with E-state index in [0.29, 0.717) is 37.3 Å². The second kappa shape index (κ2) is 17.6. The molecule has 1 saturated heterocycles. The molecule has 1 aliphatic rings. The summed E-state index contributed by atoms with van der Waals surface area (Å²) in [7, 11) is 0. The first-order chi connectivity index (χ1) is 18.1. The van der Waals surface area contributed by atoms with Crippen LogP contribution in [0.25, 0.3) is 0 Å². The number of hydrogen-bond acceptors (Lipinski definition) is 7. The van der Waals surface area contributed by atoms with Crippen LogP contribution in [0.4, 0.5) is 0 Å². The molecule has 39 heavy (non-hydrogen) atoms. The zero-order valence-electron chi connectivity index (χ0n) is 22.2. The fourth-order valence-electron chi connectivity index (χ4n) is 3.16. The van der Waals surface area contributed by atoms with Gasteiger partial charge in [0.1, 0.15) is 11.7 Å². The number of nitrogens with zero attached hydrogens (tertiary/aromatic N) is 2. The van der Waals surface area contributed by atoms with E-state index in [1.165, 1.54) is 0 Å². The molecule has 212 valence electrons. The van der Waals surface area contributed by atoms with Crippen molar-refractivity contribution in [3.8, 4) is 0 Å². The average molecular weight is 545 g/mol. The number of amides is 1.